The third kappa shape index (κ3) is 5.27. The van der Waals surface area contributed by atoms with E-state index < -0.39 is 17.1 Å². The molecule has 0 heterocycles. The number of rotatable bonds is 6. The van der Waals surface area contributed by atoms with Gasteiger partial charge in [-0.05, 0) is 42.3 Å². The monoisotopic (exact) mass is 372 g/mol. The fourth-order valence-corrected chi connectivity index (χ4v) is 2.35. The Morgan fingerprint density at radius 3 is 2.22 bits per heavy atom. The van der Waals surface area contributed by atoms with Crippen LogP contribution in [0.5, 0.6) is 0 Å². The SMILES string of the molecule is COC(=O)Cc1ccc(N(C)C(=O)OC(C)c2ccc([N+](=O)[O-])cc2)cc1. The molecule has 142 valence electrons. The average molecular weight is 372 g/mol. The van der Waals surface area contributed by atoms with Gasteiger partial charge in [-0.2, -0.15) is 0 Å². The fourth-order valence-electron chi connectivity index (χ4n) is 2.35. The molecule has 0 aliphatic carbocycles. The summed E-state index contributed by atoms with van der Waals surface area (Å²) in [6.07, 6.45) is -0.983. The van der Waals surface area contributed by atoms with E-state index in [2.05, 4.69) is 4.74 Å². The zero-order valence-electron chi connectivity index (χ0n) is 15.2. The number of hydrogen-bond donors (Lipinski definition) is 0. The molecular formula is C19H20N2O6. The Balaban J connectivity index is 1.99. The van der Waals surface area contributed by atoms with Crippen LogP contribution < -0.4 is 4.90 Å². The number of carbonyl (C=O) groups is 2. The molecule has 2 aromatic rings. The molecule has 0 radical (unpaired) electrons. The molecule has 2 rings (SSSR count). The number of hydrogen-bond acceptors (Lipinski definition) is 6. The largest absolute Gasteiger partial charge is 0.469 e. The molecule has 0 saturated carbocycles. The Morgan fingerprint density at radius 1 is 1.11 bits per heavy atom. The number of non-ortho nitro benzene ring substituents is 1. The fraction of sp³-hybridized carbons (Fsp3) is 0.263. The van der Waals surface area contributed by atoms with Crippen molar-refractivity contribution in [3.8, 4) is 0 Å². The summed E-state index contributed by atoms with van der Waals surface area (Å²) in [7, 11) is 2.90. The zero-order valence-corrected chi connectivity index (χ0v) is 15.2. The summed E-state index contributed by atoms with van der Waals surface area (Å²) in [5.74, 6) is -0.340. The molecule has 27 heavy (non-hydrogen) atoms. The molecule has 1 atom stereocenters. The maximum atomic E-state index is 12.3. The van der Waals surface area contributed by atoms with Crippen LogP contribution in [0.2, 0.25) is 0 Å². The van der Waals surface area contributed by atoms with Gasteiger partial charge in [0.05, 0.1) is 18.5 Å². The summed E-state index contributed by atoms with van der Waals surface area (Å²) in [5.41, 5.74) is 1.99. The van der Waals surface area contributed by atoms with E-state index in [1.54, 1.807) is 50.4 Å². The van der Waals surface area contributed by atoms with E-state index in [0.717, 1.165) is 5.56 Å². The molecule has 0 N–H and O–H groups in total. The van der Waals surface area contributed by atoms with Gasteiger partial charge >= 0.3 is 12.1 Å². The highest BCUT2D eigenvalue weighted by Gasteiger charge is 2.18. The van der Waals surface area contributed by atoms with Gasteiger partial charge in [0.2, 0.25) is 0 Å². The predicted octanol–water partition coefficient (Wildman–Crippen LogP) is 3.64. The van der Waals surface area contributed by atoms with E-state index in [1.165, 1.54) is 24.1 Å². The molecule has 8 heteroatoms. The Hall–Kier alpha value is -3.42. The second-order valence-corrected chi connectivity index (χ2v) is 5.85. The third-order valence-corrected chi connectivity index (χ3v) is 4.02. The molecule has 0 bridgehead atoms. The van der Waals surface area contributed by atoms with Gasteiger partial charge < -0.3 is 9.47 Å². The van der Waals surface area contributed by atoms with Crippen LogP contribution in [0.25, 0.3) is 0 Å². The average Bonchev–Trinajstić information content (AvgIpc) is 2.67. The molecule has 0 aliphatic heterocycles. The highest BCUT2D eigenvalue weighted by molar-refractivity contribution is 5.87. The predicted molar refractivity (Wildman–Crippen MR) is 98.6 cm³/mol. The van der Waals surface area contributed by atoms with Crippen LogP contribution in [-0.2, 0) is 20.7 Å². The van der Waals surface area contributed by atoms with Crippen molar-refractivity contribution in [1.82, 2.24) is 0 Å². The van der Waals surface area contributed by atoms with Crippen LogP contribution in [0.1, 0.15) is 24.2 Å². The number of amides is 1. The van der Waals surface area contributed by atoms with E-state index in [0.29, 0.717) is 11.3 Å². The van der Waals surface area contributed by atoms with E-state index in [9.17, 15) is 19.7 Å². The molecule has 2 aromatic carbocycles. The van der Waals surface area contributed by atoms with Gasteiger partial charge in [0.25, 0.3) is 5.69 Å². The van der Waals surface area contributed by atoms with E-state index in [1.807, 2.05) is 0 Å². The first-order chi connectivity index (χ1) is 12.8. The van der Waals surface area contributed by atoms with Crippen LogP contribution >= 0.6 is 0 Å². The van der Waals surface area contributed by atoms with Crippen LogP contribution in [0, 0.1) is 10.1 Å². The molecule has 0 aliphatic rings. The Bertz CT molecular complexity index is 817. The second-order valence-electron chi connectivity index (χ2n) is 5.85. The number of nitro benzene ring substituents is 1. The van der Waals surface area contributed by atoms with Crippen molar-refractivity contribution in [2.24, 2.45) is 0 Å². The minimum absolute atomic E-state index is 0.0264. The van der Waals surface area contributed by atoms with Gasteiger partial charge in [-0.15, -0.1) is 0 Å². The lowest BCUT2D eigenvalue weighted by molar-refractivity contribution is -0.384. The summed E-state index contributed by atoms with van der Waals surface area (Å²) < 4.78 is 10.0. The Labute approximate surface area is 156 Å². The number of nitro groups is 1. The first kappa shape index (κ1) is 19.9. The minimum atomic E-state index is -0.570. The lowest BCUT2D eigenvalue weighted by Gasteiger charge is -2.21. The minimum Gasteiger partial charge on any atom is -0.469 e. The quantitative estimate of drug-likeness (QED) is 0.436. The van der Waals surface area contributed by atoms with Gasteiger partial charge in [0.15, 0.2) is 0 Å². The molecule has 0 aromatic heterocycles. The number of methoxy groups -OCH3 is 1. The van der Waals surface area contributed by atoms with Crippen molar-refractivity contribution in [3.05, 3.63) is 69.8 Å². The Morgan fingerprint density at radius 2 is 1.70 bits per heavy atom. The zero-order chi connectivity index (χ0) is 20.0. The summed E-state index contributed by atoms with van der Waals surface area (Å²) >= 11 is 0. The van der Waals surface area contributed by atoms with E-state index >= 15 is 0 Å². The van der Waals surface area contributed by atoms with Gasteiger partial charge in [0.1, 0.15) is 6.10 Å². The lowest BCUT2D eigenvalue weighted by Crippen LogP contribution is -2.28. The van der Waals surface area contributed by atoms with Crippen molar-refractivity contribution in [2.75, 3.05) is 19.1 Å². The van der Waals surface area contributed by atoms with Crippen LogP contribution in [0.15, 0.2) is 48.5 Å². The normalized spacial score (nSPS) is 11.4. The molecule has 0 saturated heterocycles. The van der Waals surface area contributed by atoms with E-state index in [-0.39, 0.29) is 18.1 Å². The van der Waals surface area contributed by atoms with Crippen LogP contribution in [-0.4, -0.2) is 31.1 Å². The standard InChI is InChI=1S/C19H20N2O6/c1-13(15-6-10-17(11-7-15)21(24)25)27-19(23)20(2)16-8-4-14(5-9-16)12-18(22)26-3/h4-11,13H,12H2,1-3H3. The van der Waals surface area contributed by atoms with Crippen molar-refractivity contribution >= 4 is 23.4 Å². The maximum Gasteiger partial charge on any atom is 0.414 e. The highest BCUT2D eigenvalue weighted by Crippen LogP contribution is 2.22. The molecule has 1 amide bonds. The Kier molecular flexibility index (Phi) is 6.48. The number of carbonyl (C=O) groups excluding carboxylic acids is 2. The van der Waals surface area contributed by atoms with Crippen molar-refractivity contribution in [2.45, 2.75) is 19.4 Å². The lowest BCUT2D eigenvalue weighted by atomic mass is 10.1. The van der Waals surface area contributed by atoms with Gasteiger partial charge in [-0.25, -0.2) is 4.79 Å². The summed E-state index contributed by atoms with van der Waals surface area (Å²) in [4.78, 5) is 35.2. The summed E-state index contributed by atoms with van der Waals surface area (Å²) in [6, 6.07) is 12.7. The van der Waals surface area contributed by atoms with Crippen molar-refractivity contribution in [1.29, 1.82) is 0 Å². The molecule has 8 nitrogen and oxygen atoms in total. The van der Waals surface area contributed by atoms with Crippen molar-refractivity contribution in [3.63, 3.8) is 0 Å². The van der Waals surface area contributed by atoms with Crippen molar-refractivity contribution < 1.29 is 24.0 Å². The smallest absolute Gasteiger partial charge is 0.414 e. The van der Waals surface area contributed by atoms with Gasteiger partial charge in [-0.3, -0.25) is 19.8 Å². The maximum absolute atomic E-state index is 12.3. The first-order valence-electron chi connectivity index (χ1n) is 8.16. The summed E-state index contributed by atoms with van der Waals surface area (Å²) in [6.45, 7) is 1.69. The molecule has 1 unspecified atom stereocenters. The number of ether oxygens (including phenoxy) is 2. The molecule has 0 fully saturated rings. The number of benzene rings is 2. The third-order valence-electron chi connectivity index (χ3n) is 4.02. The van der Waals surface area contributed by atoms with Crippen LogP contribution in [0.3, 0.4) is 0 Å². The van der Waals surface area contributed by atoms with Gasteiger partial charge in [-0.1, -0.05) is 12.1 Å². The topological polar surface area (TPSA) is 99.0 Å². The first-order valence-corrected chi connectivity index (χ1v) is 8.16. The van der Waals surface area contributed by atoms with E-state index in [4.69, 9.17) is 4.74 Å². The summed E-state index contributed by atoms with van der Waals surface area (Å²) in [5, 5.41) is 10.7. The number of esters is 1. The van der Waals surface area contributed by atoms with Gasteiger partial charge in [0, 0.05) is 24.9 Å². The molecule has 0 spiro atoms. The van der Waals surface area contributed by atoms with Crippen LogP contribution in [0.4, 0.5) is 16.2 Å². The number of anilines is 1. The highest BCUT2D eigenvalue weighted by atomic mass is 16.6. The second kappa shape index (κ2) is 8.79. The number of nitrogens with zero attached hydrogens (tertiary/aromatic N) is 2. The molecular weight excluding hydrogens is 352 g/mol.